The summed E-state index contributed by atoms with van der Waals surface area (Å²) < 4.78 is 0. The fourth-order valence-electron chi connectivity index (χ4n) is 2.09. The van der Waals surface area contributed by atoms with Crippen molar-refractivity contribution in [2.45, 2.75) is 27.3 Å². The molecule has 1 amide bonds. The Morgan fingerprint density at radius 2 is 2.00 bits per heavy atom. The number of nitrogens with one attached hydrogen (secondary N) is 1. The molecular weight excluding hydrogens is 334 g/mol. The van der Waals surface area contributed by atoms with Crippen LogP contribution in [0.1, 0.15) is 30.9 Å². The normalized spacial score (nSPS) is 10.9. The maximum atomic E-state index is 12.4. The van der Waals surface area contributed by atoms with Crippen LogP contribution in [-0.2, 0) is 6.54 Å². The Morgan fingerprint density at radius 3 is 2.64 bits per heavy atom. The second kappa shape index (κ2) is 6.28. The fourth-order valence-corrected chi connectivity index (χ4v) is 4.75. The van der Waals surface area contributed by atoms with Crippen LogP contribution < -0.4 is 5.32 Å². The molecule has 0 radical (unpaired) electrons. The van der Waals surface area contributed by atoms with E-state index < -0.39 is 0 Å². The molecule has 114 valence electrons. The largest absolute Gasteiger partial charge is 0.346 e. The summed E-state index contributed by atoms with van der Waals surface area (Å²) in [5.41, 5.74) is 1.77. The first-order valence-corrected chi connectivity index (χ1v) is 9.28. The SMILES string of the molecule is Cc1nc(C)c(CNC(=O)c2sc(-c3cccs3)nc2C)s1. The summed E-state index contributed by atoms with van der Waals surface area (Å²) in [7, 11) is 0. The number of amides is 1. The minimum Gasteiger partial charge on any atom is -0.346 e. The van der Waals surface area contributed by atoms with Gasteiger partial charge in [-0.2, -0.15) is 0 Å². The van der Waals surface area contributed by atoms with Crippen molar-refractivity contribution < 1.29 is 4.79 Å². The van der Waals surface area contributed by atoms with Crippen molar-refractivity contribution >= 4 is 39.9 Å². The van der Waals surface area contributed by atoms with E-state index in [0.717, 1.165) is 31.2 Å². The minimum atomic E-state index is -0.0664. The van der Waals surface area contributed by atoms with Gasteiger partial charge in [-0.3, -0.25) is 4.79 Å². The minimum absolute atomic E-state index is 0.0664. The van der Waals surface area contributed by atoms with Crippen LogP contribution >= 0.6 is 34.0 Å². The quantitative estimate of drug-likeness (QED) is 0.768. The Morgan fingerprint density at radius 1 is 1.18 bits per heavy atom. The molecule has 0 unspecified atom stereocenters. The number of aryl methyl sites for hydroxylation is 3. The fraction of sp³-hybridized carbons (Fsp3) is 0.267. The molecule has 22 heavy (non-hydrogen) atoms. The number of carbonyl (C=O) groups is 1. The topological polar surface area (TPSA) is 54.9 Å². The standard InChI is InChI=1S/C15H15N3OS3/c1-8-12(21-10(3)17-8)7-16-14(19)13-9(2)18-15(22-13)11-5-4-6-20-11/h4-6H,7H2,1-3H3,(H,16,19). The van der Waals surface area contributed by atoms with E-state index in [2.05, 4.69) is 15.3 Å². The highest BCUT2D eigenvalue weighted by atomic mass is 32.1. The van der Waals surface area contributed by atoms with E-state index in [9.17, 15) is 4.79 Å². The number of aromatic nitrogens is 2. The molecule has 3 aromatic heterocycles. The lowest BCUT2D eigenvalue weighted by atomic mass is 10.3. The molecule has 0 saturated heterocycles. The van der Waals surface area contributed by atoms with E-state index in [1.54, 1.807) is 22.7 Å². The van der Waals surface area contributed by atoms with Gasteiger partial charge in [-0.1, -0.05) is 6.07 Å². The molecule has 0 atom stereocenters. The second-order valence-corrected chi connectivity index (χ2v) is 8.07. The van der Waals surface area contributed by atoms with Gasteiger partial charge in [0.25, 0.3) is 5.91 Å². The van der Waals surface area contributed by atoms with Gasteiger partial charge in [0.1, 0.15) is 9.88 Å². The predicted octanol–water partition coefficient (Wildman–Crippen LogP) is 4.18. The predicted molar refractivity (Wildman–Crippen MR) is 92.9 cm³/mol. The first-order chi connectivity index (χ1) is 10.5. The molecule has 0 aliphatic rings. The third kappa shape index (κ3) is 3.11. The zero-order chi connectivity index (χ0) is 15.7. The van der Waals surface area contributed by atoms with Crippen molar-refractivity contribution in [3.63, 3.8) is 0 Å². The van der Waals surface area contributed by atoms with Gasteiger partial charge >= 0.3 is 0 Å². The van der Waals surface area contributed by atoms with Crippen LogP contribution in [0.3, 0.4) is 0 Å². The lowest BCUT2D eigenvalue weighted by Gasteiger charge is -2.02. The molecule has 4 nitrogen and oxygen atoms in total. The van der Waals surface area contributed by atoms with Gasteiger partial charge in [0, 0.05) is 4.88 Å². The molecular formula is C15H15N3OS3. The van der Waals surface area contributed by atoms with Crippen molar-refractivity contribution in [1.82, 2.24) is 15.3 Å². The number of rotatable bonds is 4. The van der Waals surface area contributed by atoms with Crippen LogP contribution in [0.25, 0.3) is 9.88 Å². The van der Waals surface area contributed by atoms with Crippen LogP contribution in [0.2, 0.25) is 0 Å². The molecule has 0 bridgehead atoms. The Balaban J connectivity index is 1.74. The number of thiazole rings is 2. The summed E-state index contributed by atoms with van der Waals surface area (Å²) in [5, 5.41) is 6.92. The molecule has 0 saturated carbocycles. The second-order valence-electron chi connectivity index (χ2n) is 4.84. The van der Waals surface area contributed by atoms with Crippen molar-refractivity contribution in [2.75, 3.05) is 0 Å². The molecule has 1 N–H and O–H groups in total. The monoisotopic (exact) mass is 349 g/mol. The highest BCUT2D eigenvalue weighted by Gasteiger charge is 2.17. The van der Waals surface area contributed by atoms with Crippen LogP contribution in [0, 0.1) is 20.8 Å². The average molecular weight is 350 g/mol. The molecule has 0 aliphatic carbocycles. The number of nitrogens with zero attached hydrogens (tertiary/aromatic N) is 2. The summed E-state index contributed by atoms with van der Waals surface area (Å²) >= 11 is 4.70. The van der Waals surface area contributed by atoms with E-state index in [4.69, 9.17) is 0 Å². The lowest BCUT2D eigenvalue weighted by molar-refractivity contribution is 0.0954. The number of hydrogen-bond donors (Lipinski definition) is 1. The highest BCUT2D eigenvalue weighted by molar-refractivity contribution is 7.22. The Hall–Kier alpha value is -1.57. The lowest BCUT2D eigenvalue weighted by Crippen LogP contribution is -2.22. The molecule has 3 heterocycles. The maximum Gasteiger partial charge on any atom is 0.263 e. The third-order valence-electron chi connectivity index (χ3n) is 3.14. The van der Waals surface area contributed by atoms with Crippen LogP contribution in [0.15, 0.2) is 17.5 Å². The van der Waals surface area contributed by atoms with Crippen molar-refractivity contribution in [1.29, 1.82) is 0 Å². The van der Waals surface area contributed by atoms with Crippen LogP contribution in [0.4, 0.5) is 0 Å². The Bertz CT molecular complexity index is 802. The van der Waals surface area contributed by atoms with Gasteiger partial charge in [0.15, 0.2) is 0 Å². The maximum absolute atomic E-state index is 12.4. The zero-order valence-corrected chi connectivity index (χ0v) is 14.9. The number of hydrogen-bond acceptors (Lipinski definition) is 6. The van der Waals surface area contributed by atoms with Crippen molar-refractivity contribution in [3.8, 4) is 9.88 Å². The number of carbonyl (C=O) groups excluding carboxylic acids is 1. The first-order valence-electron chi connectivity index (χ1n) is 6.77. The molecule has 3 aromatic rings. The molecule has 0 aromatic carbocycles. The molecule has 7 heteroatoms. The van der Waals surface area contributed by atoms with Crippen LogP contribution in [0.5, 0.6) is 0 Å². The van der Waals surface area contributed by atoms with Crippen molar-refractivity contribution in [3.05, 3.63) is 43.7 Å². The smallest absolute Gasteiger partial charge is 0.263 e. The van der Waals surface area contributed by atoms with E-state index in [-0.39, 0.29) is 5.91 Å². The Kier molecular flexibility index (Phi) is 4.37. The van der Waals surface area contributed by atoms with Gasteiger partial charge < -0.3 is 5.32 Å². The van der Waals surface area contributed by atoms with Gasteiger partial charge in [-0.25, -0.2) is 9.97 Å². The third-order valence-corrected chi connectivity index (χ3v) is 6.41. The van der Waals surface area contributed by atoms with E-state index in [1.165, 1.54) is 11.3 Å². The van der Waals surface area contributed by atoms with Crippen LogP contribution in [-0.4, -0.2) is 15.9 Å². The summed E-state index contributed by atoms with van der Waals surface area (Å²) in [6, 6.07) is 4.01. The van der Waals surface area contributed by atoms with E-state index in [1.807, 2.05) is 38.3 Å². The summed E-state index contributed by atoms with van der Waals surface area (Å²) in [6.45, 7) is 6.34. The summed E-state index contributed by atoms with van der Waals surface area (Å²) in [5.74, 6) is -0.0664. The zero-order valence-electron chi connectivity index (χ0n) is 12.5. The van der Waals surface area contributed by atoms with Gasteiger partial charge in [-0.05, 0) is 32.2 Å². The average Bonchev–Trinajstić information content (AvgIpc) is 3.16. The van der Waals surface area contributed by atoms with Crippen molar-refractivity contribution in [2.24, 2.45) is 0 Å². The van der Waals surface area contributed by atoms with E-state index in [0.29, 0.717) is 11.4 Å². The summed E-state index contributed by atoms with van der Waals surface area (Å²) in [6.07, 6.45) is 0. The molecule has 0 aliphatic heterocycles. The molecule has 0 spiro atoms. The van der Waals surface area contributed by atoms with Gasteiger partial charge in [0.2, 0.25) is 0 Å². The molecule has 3 rings (SSSR count). The number of thiophene rings is 1. The van der Waals surface area contributed by atoms with Gasteiger partial charge in [-0.15, -0.1) is 34.0 Å². The Labute approximate surface area is 140 Å². The van der Waals surface area contributed by atoms with Gasteiger partial charge in [0.05, 0.1) is 27.8 Å². The first kappa shape index (κ1) is 15.3. The molecule has 0 fully saturated rings. The summed E-state index contributed by atoms with van der Waals surface area (Å²) in [4.78, 5) is 24.2. The highest BCUT2D eigenvalue weighted by Crippen LogP contribution is 2.31. The van der Waals surface area contributed by atoms with E-state index >= 15 is 0 Å².